The van der Waals surface area contributed by atoms with Gasteiger partial charge in [-0.15, -0.1) is 0 Å². The fraction of sp³-hybridized carbons (Fsp3) is 0.129. The lowest BCUT2D eigenvalue weighted by molar-refractivity contribution is 0.101. The molecule has 0 aromatic heterocycles. The minimum Gasteiger partial charge on any atom is -0.489 e. The molecule has 1 aliphatic rings. The molecule has 0 N–H and O–H groups in total. The number of ether oxygens (including phenoxy) is 2. The first kappa shape index (κ1) is 21.7. The van der Waals surface area contributed by atoms with Gasteiger partial charge in [0.1, 0.15) is 18.1 Å². The largest absolute Gasteiger partial charge is 0.489 e. The van der Waals surface area contributed by atoms with Crippen LogP contribution < -0.4 is 9.47 Å². The number of allylic oxidation sites excluding steroid dienone is 1. The Labute approximate surface area is 200 Å². The smallest absolute Gasteiger partial charge is 0.232 e. The highest BCUT2D eigenvalue weighted by atomic mass is 16.5. The SMILES string of the molecule is Cc1ccc(C)c(COc2cc(C)c3c(c2)O/C(=C\c2ccc(-c4ccccc4)cc2)C3=O)c1. The highest BCUT2D eigenvalue weighted by Crippen LogP contribution is 2.38. The van der Waals surface area contributed by atoms with Crippen LogP contribution in [0.15, 0.2) is 90.7 Å². The van der Waals surface area contributed by atoms with Crippen molar-refractivity contribution in [2.45, 2.75) is 27.4 Å². The molecule has 0 amide bonds. The zero-order valence-corrected chi connectivity index (χ0v) is 19.6. The molecule has 5 rings (SSSR count). The summed E-state index contributed by atoms with van der Waals surface area (Å²) in [5.74, 6) is 1.48. The topological polar surface area (TPSA) is 35.5 Å². The van der Waals surface area contributed by atoms with Gasteiger partial charge in [-0.2, -0.15) is 0 Å². The average molecular weight is 447 g/mol. The van der Waals surface area contributed by atoms with Crippen LogP contribution in [0.5, 0.6) is 11.5 Å². The van der Waals surface area contributed by atoms with Gasteiger partial charge in [-0.1, -0.05) is 78.4 Å². The van der Waals surface area contributed by atoms with E-state index in [2.05, 4.69) is 56.3 Å². The van der Waals surface area contributed by atoms with Crippen molar-refractivity contribution in [3.63, 3.8) is 0 Å². The van der Waals surface area contributed by atoms with E-state index in [0.717, 1.165) is 27.8 Å². The minimum absolute atomic E-state index is 0.0966. The molecular formula is C31H26O3. The molecule has 0 atom stereocenters. The van der Waals surface area contributed by atoms with Crippen LogP contribution in [0.25, 0.3) is 17.2 Å². The zero-order valence-electron chi connectivity index (χ0n) is 19.6. The van der Waals surface area contributed by atoms with Crippen LogP contribution in [-0.2, 0) is 6.61 Å². The quantitative estimate of drug-likeness (QED) is 0.298. The predicted octanol–water partition coefficient (Wildman–Crippen LogP) is 7.47. The second-order valence-corrected chi connectivity index (χ2v) is 8.76. The van der Waals surface area contributed by atoms with E-state index >= 15 is 0 Å². The zero-order chi connectivity index (χ0) is 23.7. The van der Waals surface area contributed by atoms with E-state index in [1.54, 1.807) is 6.08 Å². The Hall–Kier alpha value is -4.11. The first-order valence-electron chi connectivity index (χ1n) is 11.4. The summed E-state index contributed by atoms with van der Waals surface area (Å²) in [6, 6.07) is 28.4. The van der Waals surface area contributed by atoms with Crippen molar-refractivity contribution in [2.75, 3.05) is 0 Å². The molecule has 34 heavy (non-hydrogen) atoms. The van der Waals surface area contributed by atoms with E-state index in [1.165, 1.54) is 11.1 Å². The van der Waals surface area contributed by atoms with Crippen LogP contribution in [0, 0.1) is 20.8 Å². The average Bonchev–Trinajstić information content (AvgIpc) is 3.16. The molecule has 0 spiro atoms. The van der Waals surface area contributed by atoms with E-state index in [1.807, 2.05) is 49.4 Å². The van der Waals surface area contributed by atoms with Crippen molar-refractivity contribution in [1.82, 2.24) is 0 Å². The number of carbonyl (C=O) groups excluding carboxylic acids is 1. The predicted molar refractivity (Wildman–Crippen MR) is 136 cm³/mol. The summed E-state index contributed by atoms with van der Waals surface area (Å²) in [6.45, 7) is 6.54. The summed E-state index contributed by atoms with van der Waals surface area (Å²) < 4.78 is 12.1. The summed E-state index contributed by atoms with van der Waals surface area (Å²) in [4.78, 5) is 13.0. The maximum absolute atomic E-state index is 13.0. The lowest BCUT2D eigenvalue weighted by Gasteiger charge is -2.11. The van der Waals surface area contributed by atoms with Crippen LogP contribution in [0.4, 0.5) is 0 Å². The van der Waals surface area contributed by atoms with Crippen LogP contribution in [-0.4, -0.2) is 5.78 Å². The number of carbonyl (C=O) groups is 1. The van der Waals surface area contributed by atoms with E-state index in [-0.39, 0.29) is 5.78 Å². The van der Waals surface area contributed by atoms with E-state index in [0.29, 0.717) is 29.4 Å². The molecule has 1 heterocycles. The van der Waals surface area contributed by atoms with Gasteiger partial charge in [0, 0.05) is 6.07 Å². The molecule has 168 valence electrons. The Morgan fingerprint density at radius 2 is 1.53 bits per heavy atom. The molecule has 0 fully saturated rings. The maximum atomic E-state index is 13.0. The molecule has 1 aliphatic heterocycles. The molecule has 0 bridgehead atoms. The number of hydrogen-bond donors (Lipinski definition) is 0. The van der Waals surface area contributed by atoms with Crippen LogP contribution in [0.2, 0.25) is 0 Å². The molecular weight excluding hydrogens is 420 g/mol. The number of Topliss-reactive ketones (excluding diaryl/α,β-unsaturated/α-hetero) is 1. The summed E-state index contributed by atoms with van der Waals surface area (Å²) in [5, 5.41) is 0. The summed E-state index contributed by atoms with van der Waals surface area (Å²) in [7, 11) is 0. The van der Waals surface area contributed by atoms with Gasteiger partial charge in [0.25, 0.3) is 0 Å². The molecule has 4 aromatic carbocycles. The third-order valence-corrected chi connectivity index (χ3v) is 6.16. The van der Waals surface area contributed by atoms with Gasteiger partial charge in [0.2, 0.25) is 5.78 Å². The monoisotopic (exact) mass is 446 g/mol. The maximum Gasteiger partial charge on any atom is 0.232 e. The van der Waals surface area contributed by atoms with Crippen molar-refractivity contribution in [3.8, 4) is 22.6 Å². The van der Waals surface area contributed by atoms with Crippen molar-refractivity contribution >= 4 is 11.9 Å². The van der Waals surface area contributed by atoms with Gasteiger partial charge in [0.05, 0.1) is 5.56 Å². The molecule has 0 saturated carbocycles. The Bertz CT molecular complexity index is 1400. The fourth-order valence-electron chi connectivity index (χ4n) is 4.23. The van der Waals surface area contributed by atoms with E-state index in [9.17, 15) is 4.79 Å². The van der Waals surface area contributed by atoms with Crippen LogP contribution in [0.1, 0.15) is 38.2 Å². The molecule has 3 nitrogen and oxygen atoms in total. The first-order chi connectivity index (χ1) is 16.5. The molecule has 0 unspecified atom stereocenters. The normalized spacial score (nSPS) is 13.6. The molecule has 0 saturated heterocycles. The van der Waals surface area contributed by atoms with Gasteiger partial charge in [-0.3, -0.25) is 4.79 Å². The highest BCUT2D eigenvalue weighted by molar-refractivity contribution is 6.15. The summed E-state index contributed by atoms with van der Waals surface area (Å²) in [5.41, 5.74) is 8.20. The van der Waals surface area contributed by atoms with Crippen molar-refractivity contribution < 1.29 is 14.3 Å². The second kappa shape index (κ2) is 9.03. The van der Waals surface area contributed by atoms with Gasteiger partial charge in [-0.05, 0) is 66.3 Å². The number of aryl methyl sites for hydroxylation is 3. The Kier molecular flexibility index (Phi) is 5.77. The number of rotatable bonds is 5. The Morgan fingerprint density at radius 1 is 0.794 bits per heavy atom. The minimum atomic E-state index is -0.0966. The van der Waals surface area contributed by atoms with Gasteiger partial charge in [-0.25, -0.2) is 0 Å². The highest BCUT2D eigenvalue weighted by Gasteiger charge is 2.30. The molecule has 4 aromatic rings. The first-order valence-corrected chi connectivity index (χ1v) is 11.4. The second-order valence-electron chi connectivity index (χ2n) is 8.76. The molecule has 0 radical (unpaired) electrons. The standard InChI is InChI=1S/C31H26O3/c1-20-9-10-21(2)26(15-20)19-33-27-16-22(3)30-28(18-27)34-29(31(30)32)17-23-11-13-25(14-12-23)24-7-5-4-6-8-24/h4-18H,19H2,1-3H3/b29-17-. The van der Waals surface area contributed by atoms with Crippen LogP contribution >= 0.6 is 0 Å². The number of hydrogen-bond acceptors (Lipinski definition) is 3. The molecule has 3 heteroatoms. The van der Waals surface area contributed by atoms with Gasteiger partial charge < -0.3 is 9.47 Å². The Morgan fingerprint density at radius 3 is 2.29 bits per heavy atom. The summed E-state index contributed by atoms with van der Waals surface area (Å²) >= 11 is 0. The van der Waals surface area contributed by atoms with E-state index in [4.69, 9.17) is 9.47 Å². The van der Waals surface area contributed by atoms with Crippen molar-refractivity contribution in [1.29, 1.82) is 0 Å². The summed E-state index contributed by atoms with van der Waals surface area (Å²) in [6.07, 6.45) is 1.80. The molecule has 0 aliphatic carbocycles. The lowest BCUT2D eigenvalue weighted by Crippen LogP contribution is -2.01. The van der Waals surface area contributed by atoms with Crippen LogP contribution in [0.3, 0.4) is 0 Å². The number of fused-ring (bicyclic) bond motifs is 1. The number of benzene rings is 4. The fourth-order valence-corrected chi connectivity index (χ4v) is 4.23. The van der Waals surface area contributed by atoms with Crippen molar-refractivity contribution in [2.24, 2.45) is 0 Å². The third kappa shape index (κ3) is 4.38. The number of ketones is 1. The Balaban J connectivity index is 1.35. The van der Waals surface area contributed by atoms with Gasteiger partial charge in [0.15, 0.2) is 5.76 Å². The lowest BCUT2D eigenvalue weighted by atomic mass is 10.0. The van der Waals surface area contributed by atoms with Crippen molar-refractivity contribution in [3.05, 3.63) is 124 Å². The third-order valence-electron chi connectivity index (χ3n) is 6.16. The van der Waals surface area contributed by atoms with Gasteiger partial charge >= 0.3 is 0 Å². The van der Waals surface area contributed by atoms with E-state index < -0.39 is 0 Å².